The first kappa shape index (κ1) is 14.7. The van der Waals surface area contributed by atoms with Crippen LogP contribution in [0.2, 0.25) is 0 Å². The van der Waals surface area contributed by atoms with Crippen LogP contribution in [-0.4, -0.2) is 24.5 Å². The number of carbonyl (C=O) groups excluding carboxylic acids is 2. The molecule has 0 fully saturated rings. The number of nitrogens with one attached hydrogen (secondary N) is 1. The van der Waals surface area contributed by atoms with E-state index in [0.717, 1.165) is 8.26 Å². The third-order valence-corrected chi connectivity index (χ3v) is 5.09. The maximum absolute atomic E-state index is 11.7. The molecule has 0 radical (unpaired) electrons. The molecule has 0 saturated carbocycles. The molecule has 1 amide bonds. The predicted octanol–water partition coefficient (Wildman–Crippen LogP) is 2.95. The van der Waals surface area contributed by atoms with Crippen molar-refractivity contribution in [1.29, 1.82) is 0 Å². The third-order valence-electron chi connectivity index (χ3n) is 1.85. The Balaban J connectivity index is 2.63. The highest BCUT2D eigenvalue weighted by Gasteiger charge is 2.20. The Labute approximate surface area is 120 Å². The summed E-state index contributed by atoms with van der Waals surface area (Å²) < 4.78 is 6.64. The molecule has 94 valence electrons. The minimum atomic E-state index is -0.790. The van der Waals surface area contributed by atoms with Gasteiger partial charge in [-0.3, -0.25) is 4.79 Å². The second kappa shape index (κ2) is 6.51. The van der Waals surface area contributed by atoms with Crippen LogP contribution in [0.25, 0.3) is 0 Å². The summed E-state index contributed by atoms with van der Waals surface area (Å²) >= 11 is 7.82. The number of hydrogen-bond acceptors (Lipinski definition) is 4. The molecule has 0 aliphatic rings. The van der Waals surface area contributed by atoms with Crippen LogP contribution in [0.4, 0.5) is 0 Å². The number of amides is 1. The second-order valence-corrected chi connectivity index (χ2v) is 6.40. The van der Waals surface area contributed by atoms with Crippen molar-refractivity contribution in [1.82, 2.24) is 5.32 Å². The molecule has 0 aliphatic heterocycles. The maximum atomic E-state index is 11.7. The topological polar surface area (TPSA) is 55.4 Å². The maximum Gasteiger partial charge on any atom is 0.349 e. The van der Waals surface area contributed by atoms with E-state index in [-0.39, 0.29) is 5.91 Å². The second-order valence-electron chi connectivity index (χ2n) is 3.17. The van der Waals surface area contributed by atoms with Gasteiger partial charge in [-0.25, -0.2) is 4.79 Å². The van der Waals surface area contributed by atoms with E-state index in [1.54, 1.807) is 19.9 Å². The standard InChI is InChI=1S/C10H11Br2NO3S/c1-3-13-9(14)5(2)16-10(15)7-4-6(11)8(12)17-7/h4-5H,3H2,1-2H3,(H,13,14)/t5-/m0/s1. The summed E-state index contributed by atoms with van der Waals surface area (Å²) in [5.41, 5.74) is 0. The van der Waals surface area contributed by atoms with E-state index >= 15 is 0 Å². The third kappa shape index (κ3) is 4.08. The van der Waals surface area contributed by atoms with Gasteiger partial charge in [-0.2, -0.15) is 0 Å². The van der Waals surface area contributed by atoms with Gasteiger partial charge in [0, 0.05) is 11.0 Å². The van der Waals surface area contributed by atoms with Crippen LogP contribution in [0.15, 0.2) is 14.3 Å². The lowest BCUT2D eigenvalue weighted by Gasteiger charge is -2.11. The van der Waals surface area contributed by atoms with Crippen molar-refractivity contribution < 1.29 is 14.3 Å². The van der Waals surface area contributed by atoms with E-state index < -0.39 is 12.1 Å². The van der Waals surface area contributed by atoms with Crippen LogP contribution >= 0.6 is 43.2 Å². The molecule has 1 aromatic rings. The molecule has 4 nitrogen and oxygen atoms in total. The fourth-order valence-electron chi connectivity index (χ4n) is 1.04. The predicted molar refractivity (Wildman–Crippen MR) is 73.3 cm³/mol. The quantitative estimate of drug-likeness (QED) is 0.812. The van der Waals surface area contributed by atoms with Crippen molar-refractivity contribution in [3.05, 3.63) is 19.2 Å². The zero-order valence-electron chi connectivity index (χ0n) is 9.25. The Kier molecular flexibility index (Phi) is 5.61. The largest absolute Gasteiger partial charge is 0.448 e. The summed E-state index contributed by atoms with van der Waals surface area (Å²) in [6.45, 7) is 3.86. The highest BCUT2D eigenvalue weighted by atomic mass is 79.9. The van der Waals surface area contributed by atoms with Crippen LogP contribution in [0, 0.1) is 0 Å². The van der Waals surface area contributed by atoms with Gasteiger partial charge in [0.05, 0.1) is 3.79 Å². The molecular formula is C10H11Br2NO3S. The molecule has 7 heteroatoms. The lowest BCUT2D eigenvalue weighted by Crippen LogP contribution is -2.35. The van der Waals surface area contributed by atoms with E-state index in [9.17, 15) is 9.59 Å². The van der Waals surface area contributed by atoms with Gasteiger partial charge < -0.3 is 10.1 Å². The van der Waals surface area contributed by atoms with E-state index in [2.05, 4.69) is 37.2 Å². The SMILES string of the molecule is CCNC(=O)[C@H](C)OC(=O)c1cc(Br)c(Br)s1. The smallest absolute Gasteiger partial charge is 0.349 e. The average molecular weight is 385 g/mol. The molecular weight excluding hydrogens is 374 g/mol. The Morgan fingerprint density at radius 2 is 2.18 bits per heavy atom. The molecule has 1 rings (SSSR count). The van der Waals surface area contributed by atoms with Crippen molar-refractivity contribution in [3.8, 4) is 0 Å². The minimum absolute atomic E-state index is 0.296. The minimum Gasteiger partial charge on any atom is -0.448 e. The number of thiophene rings is 1. The molecule has 1 aromatic heterocycles. The van der Waals surface area contributed by atoms with Crippen LogP contribution < -0.4 is 5.32 Å². The lowest BCUT2D eigenvalue weighted by molar-refractivity contribution is -0.128. The summed E-state index contributed by atoms with van der Waals surface area (Å²) in [5, 5.41) is 2.59. The van der Waals surface area contributed by atoms with Crippen LogP contribution in [-0.2, 0) is 9.53 Å². The van der Waals surface area contributed by atoms with E-state index in [1.807, 2.05) is 0 Å². The van der Waals surface area contributed by atoms with Gasteiger partial charge in [0.2, 0.25) is 0 Å². The fourth-order valence-corrected chi connectivity index (χ4v) is 2.96. The van der Waals surface area contributed by atoms with Crippen molar-refractivity contribution in [3.63, 3.8) is 0 Å². The number of ether oxygens (including phenoxy) is 1. The van der Waals surface area contributed by atoms with Crippen LogP contribution in [0.3, 0.4) is 0 Å². The van der Waals surface area contributed by atoms with Gasteiger partial charge in [0.1, 0.15) is 4.88 Å². The Morgan fingerprint density at radius 3 is 2.65 bits per heavy atom. The van der Waals surface area contributed by atoms with Crippen molar-refractivity contribution in [2.45, 2.75) is 20.0 Å². The number of likely N-dealkylation sites (N-methyl/N-ethyl adjacent to an activating group) is 1. The normalized spacial score (nSPS) is 12.0. The van der Waals surface area contributed by atoms with Gasteiger partial charge in [0.15, 0.2) is 6.10 Å². The van der Waals surface area contributed by atoms with Crippen LogP contribution in [0.1, 0.15) is 23.5 Å². The molecule has 0 aromatic carbocycles. The number of esters is 1. The molecule has 1 heterocycles. The van der Waals surface area contributed by atoms with Gasteiger partial charge >= 0.3 is 5.97 Å². The highest BCUT2D eigenvalue weighted by molar-refractivity contribution is 9.13. The highest BCUT2D eigenvalue weighted by Crippen LogP contribution is 2.32. The molecule has 0 spiro atoms. The number of halogens is 2. The average Bonchev–Trinajstić information content (AvgIpc) is 2.59. The van der Waals surface area contributed by atoms with Crippen molar-refractivity contribution in [2.24, 2.45) is 0 Å². The Morgan fingerprint density at radius 1 is 1.53 bits per heavy atom. The van der Waals surface area contributed by atoms with E-state index in [1.165, 1.54) is 11.3 Å². The van der Waals surface area contributed by atoms with Gasteiger partial charge in [-0.05, 0) is 51.8 Å². The number of hydrogen-bond donors (Lipinski definition) is 1. The first-order chi connectivity index (χ1) is 7.95. The van der Waals surface area contributed by atoms with E-state index in [0.29, 0.717) is 11.4 Å². The molecule has 1 N–H and O–H groups in total. The molecule has 17 heavy (non-hydrogen) atoms. The van der Waals surface area contributed by atoms with Crippen molar-refractivity contribution >= 4 is 55.1 Å². The van der Waals surface area contributed by atoms with Gasteiger partial charge in [-0.1, -0.05) is 0 Å². The van der Waals surface area contributed by atoms with Crippen LogP contribution in [0.5, 0.6) is 0 Å². The summed E-state index contributed by atoms with van der Waals surface area (Å²) in [7, 11) is 0. The first-order valence-corrected chi connectivity index (χ1v) is 7.29. The summed E-state index contributed by atoms with van der Waals surface area (Å²) in [5.74, 6) is -0.796. The molecule has 0 bridgehead atoms. The first-order valence-electron chi connectivity index (χ1n) is 4.89. The molecule has 0 aliphatic carbocycles. The zero-order chi connectivity index (χ0) is 13.0. The Bertz CT molecular complexity index is 414. The number of carbonyl (C=O) groups is 2. The molecule has 0 saturated heterocycles. The van der Waals surface area contributed by atoms with Gasteiger partial charge in [-0.15, -0.1) is 11.3 Å². The Hall–Kier alpha value is -0.400. The monoisotopic (exact) mass is 383 g/mol. The van der Waals surface area contributed by atoms with Gasteiger partial charge in [0.25, 0.3) is 5.91 Å². The molecule has 0 unspecified atom stereocenters. The lowest BCUT2D eigenvalue weighted by atomic mass is 10.3. The summed E-state index contributed by atoms with van der Waals surface area (Å²) in [6, 6.07) is 1.65. The fraction of sp³-hybridized carbons (Fsp3) is 0.400. The zero-order valence-corrected chi connectivity index (χ0v) is 13.2. The number of rotatable bonds is 4. The summed E-state index contributed by atoms with van der Waals surface area (Å²) in [4.78, 5) is 23.5. The summed E-state index contributed by atoms with van der Waals surface area (Å²) in [6.07, 6.45) is -0.790. The molecule has 1 atom stereocenters. The van der Waals surface area contributed by atoms with E-state index in [4.69, 9.17) is 4.74 Å². The van der Waals surface area contributed by atoms with Crippen molar-refractivity contribution in [2.75, 3.05) is 6.54 Å².